The fourth-order valence-corrected chi connectivity index (χ4v) is 2.40. The van der Waals surface area contributed by atoms with Gasteiger partial charge in [-0.2, -0.15) is 0 Å². The summed E-state index contributed by atoms with van der Waals surface area (Å²) in [5.74, 6) is 0.493. The molecule has 1 heterocycles. The van der Waals surface area contributed by atoms with Crippen molar-refractivity contribution in [2.75, 3.05) is 33.4 Å². The zero-order valence-electron chi connectivity index (χ0n) is 10.2. The molecule has 94 valence electrons. The van der Waals surface area contributed by atoms with E-state index in [1.807, 2.05) is 12.1 Å². The van der Waals surface area contributed by atoms with E-state index in [0.29, 0.717) is 18.9 Å². The third-order valence-corrected chi connectivity index (χ3v) is 3.46. The van der Waals surface area contributed by atoms with Crippen molar-refractivity contribution in [3.63, 3.8) is 0 Å². The van der Waals surface area contributed by atoms with Gasteiger partial charge in [-0.1, -0.05) is 12.1 Å². The summed E-state index contributed by atoms with van der Waals surface area (Å²) in [6.07, 6.45) is 0. The molecular formula is C13H20N2O2. The Balaban J connectivity index is 2.20. The van der Waals surface area contributed by atoms with Crippen LogP contribution >= 0.6 is 0 Å². The highest BCUT2D eigenvalue weighted by Crippen LogP contribution is 2.26. The highest BCUT2D eigenvalue weighted by Gasteiger charge is 2.28. The van der Waals surface area contributed by atoms with Crippen molar-refractivity contribution < 1.29 is 9.84 Å². The van der Waals surface area contributed by atoms with E-state index in [4.69, 9.17) is 10.5 Å². The minimum atomic E-state index is 0.201. The van der Waals surface area contributed by atoms with Gasteiger partial charge in [0.25, 0.3) is 0 Å². The van der Waals surface area contributed by atoms with Crippen LogP contribution in [-0.2, 0) is 4.74 Å². The molecule has 1 aliphatic rings. The van der Waals surface area contributed by atoms with Crippen LogP contribution in [-0.4, -0.2) is 49.4 Å². The van der Waals surface area contributed by atoms with Crippen LogP contribution in [0.5, 0.6) is 5.75 Å². The molecule has 1 aliphatic heterocycles. The second-order valence-corrected chi connectivity index (χ2v) is 4.56. The number of phenolic OH excluding ortho intramolecular Hbond substituents is 1. The average molecular weight is 236 g/mol. The Morgan fingerprint density at radius 1 is 1.59 bits per heavy atom. The first kappa shape index (κ1) is 12.4. The first-order valence-corrected chi connectivity index (χ1v) is 5.99. The van der Waals surface area contributed by atoms with Crippen molar-refractivity contribution in [2.24, 2.45) is 5.73 Å². The van der Waals surface area contributed by atoms with Gasteiger partial charge in [0.05, 0.1) is 13.2 Å². The largest absolute Gasteiger partial charge is 0.508 e. The SMILES string of the molecule is CN1CCOCC1C(CN)c1cccc(O)c1. The quantitative estimate of drug-likeness (QED) is 0.813. The first-order chi connectivity index (χ1) is 8.22. The topological polar surface area (TPSA) is 58.7 Å². The van der Waals surface area contributed by atoms with Gasteiger partial charge >= 0.3 is 0 Å². The van der Waals surface area contributed by atoms with E-state index in [1.165, 1.54) is 0 Å². The molecule has 0 radical (unpaired) electrons. The molecule has 0 spiro atoms. The van der Waals surface area contributed by atoms with Gasteiger partial charge in [0.2, 0.25) is 0 Å². The minimum absolute atomic E-state index is 0.201. The van der Waals surface area contributed by atoms with Gasteiger partial charge in [-0.05, 0) is 24.7 Å². The van der Waals surface area contributed by atoms with Crippen molar-refractivity contribution in [3.8, 4) is 5.75 Å². The van der Waals surface area contributed by atoms with Crippen molar-refractivity contribution >= 4 is 0 Å². The van der Waals surface area contributed by atoms with Crippen LogP contribution < -0.4 is 5.73 Å². The summed E-state index contributed by atoms with van der Waals surface area (Å²) in [6, 6.07) is 7.63. The summed E-state index contributed by atoms with van der Waals surface area (Å²) < 4.78 is 5.53. The first-order valence-electron chi connectivity index (χ1n) is 5.99. The molecule has 0 saturated carbocycles. The molecule has 2 atom stereocenters. The van der Waals surface area contributed by atoms with E-state index < -0.39 is 0 Å². The molecule has 1 aromatic carbocycles. The fraction of sp³-hybridized carbons (Fsp3) is 0.538. The van der Waals surface area contributed by atoms with E-state index in [9.17, 15) is 5.11 Å². The van der Waals surface area contributed by atoms with Gasteiger partial charge in [0.1, 0.15) is 5.75 Å². The Bertz CT molecular complexity index is 370. The number of nitrogens with zero attached hydrogens (tertiary/aromatic N) is 1. The molecule has 1 saturated heterocycles. The lowest BCUT2D eigenvalue weighted by molar-refractivity contribution is -0.00354. The molecule has 0 aromatic heterocycles. The van der Waals surface area contributed by atoms with Crippen molar-refractivity contribution in [1.29, 1.82) is 0 Å². The summed E-state index contributed by atoms with van der Waals surface area (Å²) in [6.45, 7) is 2.97. The zero-order valence-corrected chi connectivity index (χ0v) is 10.2. The van der Waals surface area contributed by atoms with Crippen molar-refractivity contribution in [2.45, 2.75) is 12.0 Å². The number of rotatable bonds is 3. The van der Waals surface area contributed by atoms with E-state index in [1.54, 1.807) is 12.1 Å². The van der Waals surface area contributed by atoms with Crippen molar-refractivity contribution in [1.82, 2.24) is 4.90 Å². The molecule has 4 heteroatoms. The van der Waals surface area contributed by atoms with Gasteiger partial charge in [-0.25, -0.2) is 0 Å². The molecule has 3 N–H and O–H groups in total. The number of benzene rings is 1. The van der Waals surface area contributed by atoms with Crippen LogP contribution in [0.25, 0.3) is 0 Å². The van der Waals surface area contributed by atoms with Gasteiger partial charge in [-0.15, -0.1) is 0 Å². The maximum Gasteiger partial charge on any atom is 0.115 e. The summed E-state index contributed by atoms with van der Waals surface area (Å²) in [4.78, 5) is 2.28. The van der Waals surface area contributed by atoms with Crippen LogP contribution in [0.1, 0.15) is 11.5 Å². The molecule has 4 nitrogen and oxygen atoms in total. The number of aromatic hydroxyl groups is 1. The lowest BCUT2D eigenvalue weighted by atomic mass is 9.90. The summed E-state index contributed by atoms with van der Waals surface area (Å²) in [5.41, 5.74) is 6.96. The number of hydrogen-bond donors (Lipinski definition) is 2. The third kappa shape index (κ3) is 2.77. The van der Waals surface area contributed by atoms with E-state index in [-0.39, 0.29) is 12.0 Å². The Kier molecular flexibility index (Phi) is 3.99. The zero-order chi connectivity index (χ0) is 12.3. The number of phenols is 1. The van der Waals surface area contributed by atoms with E-state index in [0.717, 1.165) is 18.7 Å². The maximum atomic E-state index is 9.54. The van der Waals surface area contributed by atoms with Crippen LogP contribution in [0.3, 0.4) is 0 Å². The average Bonchev–Trinajstić information content (AvgIpc) is 2.33. The highest BCUT2D eigenvalue weighted by molar-refractivity contribution is 5.31. The predicted molar refractivity (Wildman–Crippen MR) is 67.1 cm³/mol. The Hall–Kier alpha value is -1.10. The lowest BCUT2D eigenvalue weighted by Gasteiger charge is -2.37. The van der Waals surface area contributed by atoms with Crippen LogP contribution in [0.2, 0.25) is 0 Å². The highest BCUT2D eigenvalue weighted by atomic mass is 16.5. The van der Waals surface area contributed by atoms with Crippen LogP contribution in [0, 0.1) is 0 Å². The second kappa shape index (κ2) is 5.49. The smallest absolute Gasteiger partial charge is 0.115 e. The maximum absolute atomic E-state index is 9.54. The van der Waals surface area contributed by atoms with Crippen molar-refractivity contribution in [3.05, 3.63) is 29.8 Å². The number of likely N-dealkylation sites (N-methyl/N-ethyl adjacent to an activating group) is 1. The number of ether oxygens (including phenoxy) is 1. The normalized spacial score (nSPS) is 23.5. The molecule has 17 heavy (non-hydrogen) atoms. The van der Waals surface area contributed by atoms with Gasteiger partial charge < -0.3 is 15.6 Å². The predicted octanol–water partition coefficient (Wildman–Crippen LogP) is 0.765. The van der Waals surface area contributed by atoms with Gasteiger partial charge in [-0.3, -0.25) is 4.90 Å². The number of nitrogens with two attached hydrogens (primary N) is 1. The minimum Gasteiger partial charge on any atom is -0.508 e. The molecule has 0 amide bonds. The summed E-state index contributed by atoms with van der Waals surface area (Å²) >= 11 is 0. The van der Waals surface area contributed by atoms with Gasteiger partial charge in [0.15, 0.2) is 0 Å². The number of morpholine rings is 1. The molecule has 2 rings (SSSR count). The lowest BCUT2D eigenvalue weighted by Crippen LogP contribution is -2.48. The summed E-state index contributed by atoms with van der Waals surface area (Å²) in [5, 5.41) is 9.54. The molecule has 0 aliphatic carbocycles. The number of hydrogen-bond acceptors (Lipinski definition) is 4. The molecule has 1 fully saturated rings. The molecule has 0 bridgehead atoms. The molecule has 2 unspecified atom stereocenters. The Labute approximate surface area is 102 Å². The third-order valence-electron chi connectivity index (χ3n) is 3.46. The summed E-state index contributed by atoms with van der Waals surface area (Å²) in [7, 11) is 2.10. The standard InChI is InChI=1S/C13H20N2O2/c1-15-5-6-17-9-13(15)12(8-14)10-3-2-4-11(16)7-10/h2-4,7,12-13,16H,5-6,8-9,14H2,1H3. The van der Waals surface area contributed by atoms with Crippen LogP contribution in [0.4, 0.5) is 0 Å². The van der Waals surface area contributed by atoms with E-state index in [2.05, 4.69) is 11.9 Å². The Morgan fingerprint density at radius 2 is 2.41 bits per heavy atom. The van der Waals surface area contributed by atoms with Crippen LogP contribution in [0.15, 0.2) is 24.3 Å². The second-order valence-electron chi connectivity index (χ2n) is 4.56. The fourth-order valence-electron chi connectivity index (χ4n) is 2.40. The monoisotopic (exact) mass is 236 g/mol. The molecular weight excluding hydrogens is 216 g/mol. The van der Waals surface area contributed by atoms with Gasteiger partial charge in [0, 0.05) is 25.0 Å². The Morgan fingerprint density at radius 3 is 3.06 bits per heavy atom. The molecule has 1 aromatic rings. The van der Waals surface area contributed by atoms with E-state index >= 15 is 0 Å².